The second kappa shape index (κ2) is 6.15. The van der Waals surface area contributed by atoms with Crippen LogP contribution in [0.25, 0.3) is 21.3 Å². The lowest BCUT2D eigenvalue weighted by Gasteiger charge is -2.17. The van der Waals surface area contributed by atoms with Crippen LogP contribution in [0.1, 0.15) is 18.1 Å². The molecule has 0 saturated carbocycles. The van der Waals surface area contributed by atoms with Crippen molar-refractivity contribution in [3.63, 3.8) is 0 Å². The van der Waals surface area contributed by atoms with E-state index in [9.17, 15) is 10.2 Å². The van der Waals surface area contributed by atoms with E-state index in [4.69, 9.17) is 5.53 Å². The molecule has 98 valence electrons. The van der Waals surface area contributed by atoms with Gasteiger partial charge in [0.25, 0.3) is 0 Å². The Balaban J connectivity index is 2.16. The van der Waals surface area contributed by atoms with Gasteiger partial charge in [0.15, 0.2) is 0 Å². The van der Waals surface area contributed by atoms with E-state index in [2.05, 4.69) is 15.0 Å². The van der Waals surface area contributed by atoms with Gasteiger partial charge in [-0.3, -0.25) is 4.98 Å². The predicted octanol–water partition coefficient (Wildman–Crippen LogP) is 2.33. The van der Waals surface area contributed by atoms with Crippen LogP contribution in [-0.4, -0.2) is 27.8 Å². The second-order valence-electron chi connectivity index (χ2n) is 4.21. The lowest BCUT2D eigenvalue weighted by molar-refractivity contribution is 0.0151. The SMILES string of the molecule is [N-]=[N+]=NCCC(O)C(O)c1ccc2ncccc2c1. The summed E-state index contributed by atoms with van der Waals surface area (Å²) >= 11 is 0. The maximum atomic E-state index is 10.0. The summed E-state index contributed by atoms with van der Waals surface area (Å²) < 4.78 is 0. The molecular formula is C13H14N4O2. The Morgan fingerprint density at radius 3 is 2.95 bits per heavy atom. The van der Waals surface area contributed by atoms with Crippen LogP contribution in [0.3, 0.4) is 0 Å². The van der Waals surface area contributed by atoms with Gasteiger partial charge in [-0.2, -0.15) is 0 Å². The quantitative estimate of drug-likeness (QED) is 0.488. The van der Waals surface area contributed by atoms with Crippen molar-refractivity contribution in [2.45, 2.75) is 18.6 Å². The highest BCUT2D eigenvalue weighted by Gasteiger charge is 2.17. The fraction of sp³-hybridized carbons (Fsp3) is 0.308. The molecule has 2 atom stereocenters. The third-order valence-corrected chi connectivity index (χ3v) is 2.92. The first-order valence-electron chi connectivity index (χ1n) is 5.94. The standard InChI is InChI=1S/C13H14N4O2/c14-17-16-7-5-12(18)13(19)10-3-4-11-9(8-10)2-1-6-15-11/h1-4,6,8,12-13,18-19H,5,7H2. The zero-order valence-electron chi connectivity index (χ0n) is 10.2. The molecule has 2 unspecified atom stereocenters. The number of aromatic nitrogens is 1. The largest absolute Gasteiger partial charge is 0.390 e. The average Bonchev–Trinajstić information content (AvgIpc) is 2.46. The lowest BCUT2D eigenvalue weighted by atomic mass is 10.0. The summed E-state index contributed by atoms with van der Waals surface area (Å²) in [5.41, 5.74) is 9.61. The monoisotopic (exact) mass is 258 g/mol. The van der Waals surface area contributed by atoms with Gasteiger partial charge in [-0.1, -0.05) is 17.2 Å². The Labute approximate surface area is 110 Å². The van der Waals surface area contributed by atoms with Gasteiger partial charge < -0.3 is 10.2 Å². The predicted molar refractivity (Wildman–Crippen MR) is 71.3 cm³/mol. The molecule has 0 spiro atoms. The van der Waals surface area contributed by atoms with Crippen LogP contribution in [0.2, 0.25) is 0 Å². The zero-order chi connectivity index (χ0) is 13.7. The number of aliphatic hydroxyl groups excluding tert-OH is 2. The Bertz CT molecular complexity index is 610. The molecule has 0 amide bonds. The summed E-state index contributed by atoms with van der Waals surface area (Å²) in [6.07, 6.45) is -0.0400. The van der Waals surface area contributed by atoms with Crippen molar-refractivity contribution in [3.05, 3.63) is 52.5 Å². The van der Waals surface area contributed by atoms with Gasteiger partial charge in [-0.15, -0.1) is 0 Å². The minimum Gasteiger partial charge on any atom is -0.390 e. The normalized spacial score (nSPS) is 13.8. The number of aliphatic hydroxyl groups is 2. The number of rotatable bonds is 5. The van der Waals surface area contributed by atoms with E-state index in [1.165, 1.54) is 0 Å². The third kappa shape index (κ3) is 3.20. The summed E-state index contributed by atoms with van der Waals surface area (Å²) in [6, 6.07) is 9.04. The van der Waals surface area contributed by atoms with E-state index in [0.29, 0.717) is 5.56 Å². The van der Waals surface area contributed by atoms with Crippen LogP contribution in [0.4, 0.5) is 0 Å². The number of hydrogen-bond acceptors (Lipinski definition) is 4. The summed E-state index contributed by atoms with van der Waals surface area (Å²) in [7, 11) is 0. The first kappa shape index (κ1) is 13.3. The Morgan fingerprint density at radius 1 is 1.32 bits per heavy atom. The highest BCUT2D eigenvalue weighted by atomic mass is 16.3. The third-order valence-electron chi connectivity index (χ3n) is 2.92. The first-order chi connectivity index (χ1) is 9.22. The fourth-order valence-electron chi connectivity index (χ4n) is 1.89. The molecule has 1 aromatic heterocycles. The molecule has 1 aromatic carbocycles. The van der Waals surface area contributed by atoms with Crippen LogP contribution in [0.15, 0.2) is 41.6 Å². The van der Waals surface area contributed by atoms with E-state index < -0.39 is 12.2 Å². The molecule has 0 aliphatic carbocycles. The molecule has 6 nitrogen and oxygen atoms in total. The average molecular weight is 258 g/mol. The molecular weight excluding hydrogens is 244 g/mol. The Kier molecular flexibility index (Phi) is 4.30. The van der Waals surface area contributed by atoms with Crippen molar-refractivity contribution in [1.29, 1.82) is 0 Å². The number of pyridine rings is 1. The van der Waals surface area contributed by atoms with Crippen molar-refractivity contribution < 1.29 is 10.2 Å². The van der Waals surface area contributed by atoms with E-state index in [0.717, 1.165) is 10.9 Å². The number of hydrogen-bond donors (Lipinski definition) is 2. The molecule has 0 aliphatic heterocycles. The molecule has 0 radical (unpaired) electrons. The molecule has 0 fully saturated rings. The molecule has 0 aliphatic rings. The van der Waals surface area contributed by atoms with E-state index in [1.54, 1.807) is 24.4 Å². The minimum atomic E-state index is -1.00. The molecule has 2 aromatic rings. The van der Waals surface area contributed by atoms with Crippen molar-refractivity contribution in [2.75, 3.05) is 6.54 Å². The molecule has 2 rings (SSSR count). The fourth-order valence-corrected chi connectivity index (χ4v) is 1.89. The van der Waals surface area contributed by atoms with Crippen LogP contribution in [-0.2, 0) is 0 Å². The van der Waals surface area contributed by atoms with Crippen molar-refractivity contribution in [2.24, 2.45) is 5.11 Å². The smallest absolute Gasteiger partial charge is 0.105 e. The lowest BCUT2D eigenvalue weighted by Crippen LogP contribution is -2.19. The summed E-state index contributed by atoms with van der Waals surface area (Å²) in [5, 5.41) is 24.1. The van der Waals surface area contributed by atoms with Gasteiger partial charge in [0.1, 0.15) is 6.10 Å². The zero-order valence-corrected chi connectivity index (χ0v) is 10.2. The first-order valence-corrected chi connectivity index (χ1v) is 5.94. The Morgan fingerprint density at radius 2 is 2.16 bits per heavy atom. The molecule has 6 heteroatoms. The van der Waals surface area contributed by atoms with Crippen LogP contribution in [0.5, 0.6) is 0 Å². The highest BCUT2D eigenvalue weighted by Crippen LogP contribution is 2.22. The van der Waals surface area contributed by atoms with Gasteiger partial charge in [-0.05, 0) is 35.7 Å². The summed E-state index contributed by atoms with van der Waals surface area (Å²) in [5.74, 6) is 0. The van der Waals surface area contributed by atoms with Gasteiger partial charge in [0, 0.05) is 23.0 Å². The highest BCUT2D eigenvalue weighted by molar-refractivity contribution is 5.79. The molecule has 1 heterocycles. The van der Waals surface area contributed by atoms with Crippen molar-refractivity contribution in [1.82, 2.24) is 4.98 Å². The van der Waals surface area contributed by atoms with Crippen molar-refractivity contribution in [3.8, 4) is 0 Å². The molecule has 0 saturated heterocycles. The summed E-state index contributed by atoms with van der Waals surface area (Å²) in [4.78, 5) is 6.79. The minimum absolute atomic E-state index is 0.157. The number of benzene rings is 1. The maximum absolute atomic E-state index is 10.0. The molecule has 19 heavy (non-hydrogen) atoms. The maximum Gasteiger partial charge on any atom is 0.105 e. The van der Waals surface area contributed by atoms with Crippen molar-refractivity contribution >= 4 is 10.9 Å². The van der Waals surface area contributed by atoms with Gasteiger partial charge in [0.05, 0.1) is 11.6 Å². The van der Waals surface area contributed by atoms with Gasteiger partial charge in [0.2, 0.25) is 0 Å². The van der Waals surface area contributed by atoms with Crippen LogP contribution < -0.4 is 0 Å². The number of nitrogens with zero attached hydrogens (tertiary/aromatic N) is 4. The Hall–Kier alpha value is -2.14. The number of fused-ring (bicyclic) bond motifs is 1. The van der Waals surface area contributed by atoms with E-state index >= 15 is 0 Å². The van der Waals surface area contributed by atoms with E-state index in [-0.39, 0.29) is 13.0 Å². The summed E-state index contributed by atoms with van der Waals surface area (Å²) in [6.45, 7) is 0.157. The molecule has 2 N–H and O–H groups in total. The van der Waals surface area contributed by atoms with Gasteiger partial charge in [-0.25, -0.2) is 0 Å². The number of azide groups is 1. The second-order valence-corrected chi connectivity index (χ2v) is 4.21. The molecule has 0 bridgehead atoms. The van der Waals surface area contributed by atoms with Gasteiger partial charge >= 0.3 is 0 Å². The van der Waals surface area contributed by atoms with Crippen LogP contribution in [0, 0.1) is 0 Å². The topological polar surface area (TPSA) is 102 Å². The van der Waals surface area contributed by atoms with Crippen LogP contribution >= 0.6 is 0 Å². The van der Waals surface area contributed by atoms with E-state index in [1.807, 2.05) is 12.1 Å².